The maximum absolute atomic E-state index is 11.5. The number of thioether (sulfide) groups is 1. The molecule has 1 amide bonds. The van der Waals surface area contributed by atoms with E-state index < -0.39 is 11.4 Å². The zero-order valence-electron chi connectivity index (χ0n) is 9.15. The van der Waals surface area contributed by atoms with Crippen LogP contribution in [-0.2, 0) is 9.59 Å². The van der Waals surface area contributed by atoms with E-state index in [1.165, 1.54) is 11.8 Å². The summed E-state index contributed by atoms with van der Waals surface area (Å²) >= 11 is 1.50. The fourth-order valence-electron chi connectivity index (χ4n) is 1.68. The van der Waals surface area contributed by atoms with Gasteiger partial charge >= 0.3 is 5.97 Å². The van der Waals surface area contributed by atoms with Crippen molar-refractivity contribution in [3.8, 4) is 0 Å². The first kappa shape index (κ1) is 12.4. The molecule has 0 aliphatic carbocycles. The number of carbonyl (C=O) groups is 2. The van der Waals surface area contributed by atoms with Crippen molar-refractivity contribution in [3.63, 3.8) is 0 Å². The predicted octanol–water partition coefficient (Wildman–Crippen LogP) is 1.06. The smallest absolute Gasteiger partial charge is 0.309 e. The summed E-state index contributed by atoms with van der Waals surface area (Å²) in [4.78, 5) is 24.3. The molecule has 1 heterocycles. The molecule has 0 atom stereocenters. The summed E-state index contributed by atoms with van der Waals surface area (Å²) in [6, 6.07) is 0. The Bertz CT molecular complexity index is 259. The second-order valence-electron chi connectivity index (χ2n) is 4.18. The molecule has 0 aromatic carbocycles. The van der Waals surface area contributed by atoms with Gasteiger partial charge in [-0.3, -0.25) is 9.59 Å². The molecular weight excluding hydrogens is 214 g/mol. The van der Waals surface area contributed by atoms with Crippen LogP contribution < -0.4 is 0 Å². The lowest BCUT2D eigenvalue weighted by Crippen LogP contribution is -2.45. The number of likely N-dealkylation sites (tertiary alicyclic amines) is 1. The van der Waals surface area contributed by atoms with E-state index in [1.54, 1.807) is 11.8 Å². The number of carboxylic acids is 1. The van der Waals surface area contributed by atoms with E-state index in [2.05, 4.69) is 0 Å². The monoisotopic (exact) mass is 231 g/mol. The molecule has 1 N–H and O–H groups in total. The predicted molar refractivity (Wildman–Crippen MR) is 59.9 cm³/mol. The number of hydrogen-bond donors (Lipinski definition) is 1. The Morgan fingerprint density at radius 1 is 1.40 bits per heavy atom. The van der Waals surface area contributed by atoms with E-state index in [9.17, 15) is 9.59 Å². The minimum Gasteiger partial charge on any atom is -0.481 e. The molecule has 5 heteroatoms. The summed E-state index contributed by atoms with van der Waals surface area (Å²) in [6.45, 7) is 2.90. The largest absolute Gasteiger partial charge is 0.481 e. The van der Waals surface area contributed by atoms with Gasteiger partial charge in [0.1, 0.15) is 0 Å². The van der Waals surface area contributed by atoms with Crippen LogP contribution >= 0.6 is 11.8 Å². The van der Waals surface area contributed by atoms with Crippen molar-refractivity contribution >= 4 is 23.6 Å². The lowest BCUT2D eigenvalue weighted by molar-refractivity contribution is -0.152. The van der Waals surface area contributed by atoms with Crippen LogP contribution in [0.2, 0.25) is 0 Å². The van der Waals surface area contributed by atoms with Gasteiger partial charge in [-0.05, 0) is 26.0 Å². The third-order valence-electron chi connectivity index (χ3n) is 3.00. The molecule has 86 valence electrons. The van der Waals surface area contributed by atoms with Crippen molar-refractivity contribution in [2.75, 3.05) is 25.1 Å². The van der Waals surface area contributed by atoms with Gasteiger partial charge in [-0.15, -0.1) is 0 Å². The van der Waals surface area contributed by atoms with E-state index in [4.69, 9.17) is 5.11 Å². The quantitative estimate of drug-likeness (QED) is 0.789. The molecule has 0 radical (unpaired) electrons. The first-order valence-electron chi connectivity index (χ1n) is 5.00. The highest BCUT2D eigenvalue weighted by atomic mass is 32.2. The molecule has 1 aliphatic rings. The van der Waals surface area contributed by atoms with E-state index >= 15 is 0 Å². The number of rotatable bonds is 3. The van der Waals surface area contributed by atoms with Crippen molar-refractivity contribution < 1.29 is 14.7 Å². The van der Waals surface area contributed by atoms with Gasteiger partial charge in [-0.25, -0.2) is 0 Å². The van der Waals surface area contributed by atoms with Crippen molar-refractivity contribution in [2.45, 2.75) is 19.8 Å². The van der Waals surface area contributed by atoms with Gasteiger partial charge in [0.05, 0.1) is 11.2 Å². The Labute approximate surface area is 94.0 Å². The fraction of sp³-hybridized carbons (Fsp3) is 0.800. The minimum absolute atomic E-state index is 0.120. The Morgan fingerprint density at radius 2 is 1.93 bits per heavy atom. The number of carbonyl (C=O) groups excluding carboxylic acids is 1. The van der Waals surface area contributed by atoms with Crippen LogP contribution in [0.25, 0.3) is 0 Å². The Kier molecular flexibility index (Phi) is 4.02. The maximum atomic E-state index is 11.5. The normalized spacial score (nSPS) is 20.0. The summed E-state index contributed by atoms with van der Waals surface area (Å²) in [5.74, 6) is -0.140. The number of hydrogen-bond acceptors (Lipinski definition) is 3. The van der Waals surface area contributed by atoms with Crippen molar-refractivity contribution in [1.29, 1.82) is 0 Å². The lowest BCUT2D eigenvalue weighted by Gasteiger charge is -2.36. The summed E-state index contributed by atoms with van der Waals surface area (Å²) in [6.07, 6.45) is 3.01. The summed E-state index contributed by atoms with van der Waals surface area (Å²) in [5, 5.41) is 9.02. The molecule has 0 saturated carbocycles. The van der Waals surface area contributed by atoms with Crippen molar-refractivity contribution in [1.82, 2.24) is 4.90 Å². The van der Waals surface area contributed by atoms with Crippen LogP contribution in [0.1, 0.15) is 19.8 Å². The highest BCUT2D eigenvalue weighted by Crippen LogP contribution is 2.31. The molecule has 0 bridgehead atoms. The third kappa shape index (κ3) is 2.87. The van der Waals surface area contributed by atoms with Crippen LogP contribution in [-0.4, -0.2) is 47.0 Å². The highest BCUT2D eigenvalue weighted by molar-refractivity contribution is 7.99. The van der Waals surface area contributed by atoms with Gasteiger partial charge in [0.2, 0.25) is 5.91 Å². The van der Waals surface area contributed by atoms with Gasteiger partial charge in [0, 0.05) is 13.1 Å². The van der Waals surface area contributed by atoms with E-state index in [0.717, 1.165) is 0 Å². The maximum Gasteiger partial charge on any atom is 0.309 e. The number of carboxylic acid groups (broad SMARTS) is 1. The van der Waals surface area contributed by atoms with Crippen molar-refractivity contribution in [3.05, 3.63) is 0 Å². The molecule has 1 fully saturated rings. The summed E-state index contributed by atoms with van der Waals surface area (Å²) < 4.78 is 0. The van der Waals surface area contributed by atoms with E-state index in [1.807, 2.05) is 6.26 Å². The number of nitrogens with zero attached hydrogens (tertiary/aromatic N) is 1. The minimum atomic E-state index is -0.750. The van der Waals surface area contributed by atoms with E-state index in [0.29, 0.717) is 31.7 Å². The molecule has 4 nitrogen and oxygen atoms in total. The number of piperidine rings is 1. The number of aliphatic carboxylic acids is 1. The Morgan fingerprint density at radius 3 is 2.33 bits per heavy atom. The summed E-state index contributed by atoms with van der Waals surface area (Å²) in [5.41, 5.74) is -0.643. The first-order chi connectivity index (χ1) is 6.99. The molecule has 0 aromatic heterocycles. The molecule has 1 aliphatic heterocycles. The molecule has 1 rings (SSSR count). The molecule has 15 heavy (non-hydrogen) atoms. The van der Waals surface area contributed by atoms with Crippen LogP contribution in [0.4, 0.5) is 0 Å². The van der Waals surface area contributed by atoms with Gasteiger partial charge in [-0.2, -0.15) is 11.8 Å². The Hall–Kier alpha value is -0.710. The van der Waals surface area contributed by atoms with Crippen LogP contribution in [0, 0.1) is 5.41 Å². The zero-order chi connectivity index (χ0) is 11.5. The van der Waals surface area contributed by atoms with Crippen LogP contribution in [0.15, 0.2) is 0 Å². The van der Waals surface area contributed by atoms with Gasteiger partial charge in [0.25, 0.3) is 0 Å². The fourth-order valence-corrected chi connectivity index (χ4v) is 2.11. The second kappa shape index (κ2) is 4.88. The Balaban J connectivity index is 2.49. The third-order valence-corrected chi connectivity index (χ3v) is 3.54. The highest BCUT2D eigenvalue weighted by Gasteiger charge is 2.37. The van der Waals surface area contributed by atoms with Crippen molar-refractivity contribution in [2.24, 2.45) is 5.41 Å². The standard InChI is InChI=1S/C10H17NO3S/c1-10(9(13)14)3-5-11(6-4-10)8(12)7-15-2/h3-7H2,1-2H3,(H,13,14). The van der Waals surface area contributed by atoms with Crippen LogP contribution in [0.5, 0.6) is 0 Å². The van der Waals surface area contributed by atoms with Gasteiger partial charge in [0.15, 0.2) is 0 Å². The first-order valence-corrected chi connectivity index (χ1v) is 6.39. The molecule has 0 spiro atoms. The molecule has 0 unspecified atom stereocenters. The molecule has 1 saturated heterocycles. The second-order valence-corrected chi connectivity index (χ2v) is 5.05. The van der Waals surface area contributed by atoms with Crippen LogP contribution in [0.3, 0.4) is 0 Å². The summed E-state index contributed by atoms with van der Waals surface area (Å²) in [7, 11) is 0. The van der Waals surface area contributed by atoms with Gasteiger partial charge in [-0.1, -0.05) is 0 Å². The molecular formula is C10H17NO3S. The average Bonchev–Trinajstić information content (AvgIpc) is 2.19. The number of amides is 1. The SMILES string of the molecule is CSCC(=O)N1CCC(C)(C(=O)O)CC1. The van der Waals surface area contributed by atoms with E-state index in [-0.39, 0.29) is 5.91 Å². The zero-order valence-corrected chi connectivity index (χ0v) is 9.97. The van der Waals surface area contributed by atoms with Gasteiger partial charge < -0.3 is 10.0 Å². The lowest BCUT2D eigenvalue weighted by atomic mass is 9.80. The topological polar surface area (TPSA) is 57.6 Å². The average molecular weight is 231 g/mol. The molecule has 0 aromatic rings.